The highest BCUT2D eigenvalue weighted by Crippen LogP contribution is 2.25. The van der Waals surface area contributed by atoms with Crippen LogP contribution in [-0.2, 0) is 21.4 Å². The van der Waals surface area contributed by atoms with Crippen molar-refractivity contribution in [2.24, 2.45) is 5.14 Å². The molecular formula is C15H22N4O3S2. The summed E-state index contributed by atoms with van der Waals surface area (Å²) in [6.45, 7) is 6.61. The number of aromatic nitrogens is 2. The van der Waals surface area contributed by atoms with Gasteiger partial charge in [-0.15, -0.1) is 0 Å². The number of rotatable bonds is 7. The average molecular weight is 371 g/mol. The van der Waals surface area contributed by atoms with Crippen molar-refractivity contribution < 1.29 is 13.2 Å². The van der Waals surface area contributed by atoms with Crippen molar-refractivity contribution in [3.63, 3.8) is 0 Å². The van der Waals surface area contributed by atoms with E-state index in [1.54, 1.807) is 6.07 Å². The monoisotopic (exact) mass is 370 g/mol. The molecule has 0 radical (unpaired) electrons. The van der Waals surface area contributed by atoms with Crippen molar-refractivity contribution in [2.75, 3.05) is 5.75 Å². The number of nitrogens with one attached hydrogen (secondary N) is 1. The third kappa shape index (κ3) is 4.28. The van der Waals surface area contributed by atoms with Crippen LogP contribution in [0, 0.1) is 0 Å². The number of sulfonamides is 1. The molecule has 1 aromatic heterocycles. The van der Waals surface area contributed by atoms with Crippen LogP contribution in [-0.4, -0.2) is 35.7 Å². The number of nitrogens with zero attached hydrogens (tertiary/aromatic N) is 2. The van der Waals surface area contributed by atoms with E-state index in [4.69, 9.17) is 5.14 Å². The van der Waals surface area contributed by atoms with Crippen molar-refractivity contribution in [1.29, 1.82) is 0 Å². The Kier molecular flexibility index (Phi) is 5.89. The molecule has 0 unspecified atom stereocenters. The van der Waals surface area contributed by atoms with Crippen LogP contribution in [0.25, 0.3) is 11.0 Å². The minimum absolute atomic E-state index is 0.0295. The molecule has 0 saturated heterocycles. The van der Waals surface area contributed by atoms with Gasteiger partial charge in [0.05, 0.1) is 21.7 Å². The van der Waals surface area contributed by atoms with Crippen molar-refractivity contribution >= 4 is 38.7 Å². The zero-order valence-corrected chi connectivity index (χ0v) is 15.6. The quantitative estimate of drug-likeness (QED) is 0.722. The predicted molar refractivity (Wildman–Crippen MR) is 95.4 cm³/mol. The Morgan fingerprint density at radius 2 is 2.12 bits per heavy atom. The average Bonchev–Trinajstić information content (AvgIpc) is 2.88. The second-order valence-corrected chi connectivity index (χ2v) is 8.00. The van der Waals surface area contributed by atoms with Crippen LogP contribution < -0.4 is 10.5 Å². The lowest BCUT2D eigenvalue weighted by Crippen LogP contribution is -2.33. The van der Waals surface area contributed by atoms with Crippen LogP contribution in [0.1, 0.15) is 27.2 Å². The van der Waals surface area contributed by atoms with Crippen LogP contribution in [0.4, 0.5) is 0 Å². The molecule has 1 amide bonds. The molecule has 1 atom stereocenters. The van der Waals surface area contributed by atoms with Crippen molar-refractivity contribution in [2.45, 2.75) is 49.8 Å². The lowest BCUT2D eigenvalue weighted by molar-refractivity contribution is -0.119. The normalized spacial score (nSPS) is 13.2. The van der Waals surface area contributed by atoms with Gasteiger partial charge in [0.2, 0.25) is 15.9 Å². The van der Waals surface area contributed by atoms with Gasteiger partial charge in [-0.2, -0.15) is 0 Å². The molecule has 0 spiro atoms. The van der Waals surface area contributed by atoms with Crippen molar-refractivity contribution in [1.82, 2.24) is 14.9 Å². The fraction of sp³-hybridized carbons (Fsp3) is 0.467. The summed E-state index contributed by atoms with van der Waals surface area (Å²) in [7, 11) is -3.77. The summed E-state index contributed by atoms with van der Waals surface area (Å²) in [6.07, 6.45) is 0.875. The molecule has 1 aromatic carbocycles. The van der Waals surface area contributed by atoms with Gasteiger partial charge in [0.15, 0.2) is 5.16 Å². The van der Waals surface area contributed by atoms with Gasteiger partial charge < -0.3 is 9.88 Å². The lowest BCUT2D eigenvalue weighted by Gasteiger charge is -2.11. The largest absolute Gasteiger partial charge is 0.353 e. The molecule has 1 heterocycles. The number of aryl methyl sites for hydroxylation is 1. The maximum absolute atomic E-state index is 11.9. The van der Waals surface area contributed by atoms with Gasteiger partial charge in [0.25, 0.3) is 0 Å². The number of benzene rings is 1. The first-order valence-corrected chi connectivity index (χ1v) is 10.2. The van der Waals surface area contributed by atoms with Gasteiger partial charge in [-0.25, -0.2) is 18.5 Å². The Balaban J connectivity index is 2.25. The van der Waals surface area contributed by atoms with Crippen LogP contribution in [0.3, 0.4) is 0 Å². The molecule has 132 valence electrons. The van der Waals surface area contributed by atoms with Gasteiger partial charge in [-0.1, -0.05) is 18.7 Å². The number of carbonyl (C=O) groups excluding carboxylic acids is 1. The van der Waals surface area contributed by atoms with E-state index in [0.29, 0.717) is 17.2 Å². The van der Waals surface area contributed by atoms with E-state index in [0.717, 1.165) is 11.9 Å². The van der Waals surface area contributed by atoms with Gasteiger partial charge in [0, 0.05) is 12.6 Å². The minimum atomic E-state index is -3.77. The molecule has 2 aromatic rings. The first kappa shape index (κ1) is 18.8. The van der Waals surface area contributed by atoms with Crippen molar-refractivity contribution in [3.05, 3.63) is 18.2 Å². The van der Waals surface area contributed by atoms with E-state index >= 15 is 0 Å². The summed E-state index contributed by atoms with van der Waals surface area (Å²) in [5, 5.41) is 8.75. The Morgan fingerprint density at radius 3 is 2.71 bits per heavy atom. The Hall–Kier alpha value is -1.58. The van der Waals surface area contributed by atoms with Gasteiger partial charge >= 0.3 is 0 Å². The summed E-state index contributed by atoms with van der Waals surface area (Å²) in [5.74, 6) is 0.213. The van der Waals surface area contributed by atoms with E-state index in [2.05, 4.69) is 10.3 Å². The zero-order valence-electron chi connectivity index (χ0n) is 13.9. The summed E-state index contributed by atoms with van der Waals surface area (Å²) in [6, 6.07) is 4.75. The van der Waals surface area contributed by atoms with E-state index in [9.17, 15) is 13.2 Å². The molecule has 0 aliphatic rings. The number of thioether (sulfide) groups is 1. The summed E-state index contributed by atoms with van der Waals surface area (Å²) >= 11 is 1.33. The fourth-order valence-electron chi connectivity index (χ4n) is 2.23. The lowest BCUT2D eigenvalue weighted by atomic mass is 10.3. The highest BCUT2D eigenvalue weighted by Gasteiger charge is 2.15. The number of hydrogen-bond donors (Lipinski definition) is 2. The SMILES string of the molecule is CC[C@@H](C)NC(=O)CSc1nc2cc(S(N)(=O)=O)ccc2n1CC. The minimum Gasteiger partial charge on any atom is -0.353 e. The maximum Gasteiger partial charge on any atom is 0.238 e. The van der Waals surface area contributed by atoms with Gasteiger partial charge in [-0.3, -0.25) is 4.79 Å². The highest BCUT2D eigenvalue weighted by atomic mass is 32.2. The first-order chi connectivity index (χ1) is 11.3. The molecule has 0 fully saturated rings. The smallest absolute Gasteiger partial charge is 0.238 e. The number of imidazole rings is 1. The first-order valence-electron chi connectivity index (χ1n) is 7.71. The van der Waals surface area contributed by atoms with Crippen LogP contribution in [0.2, 0.25) is 0 Å². The second kappa shape index (κ2) is 7.54. The fourth-order valence-corrected chi connectivity index (χ4v) is 3.65. The summed E-state index contributed by atoms with van der Waals surface area (Å²) in [4.78, 5) is 16.4. The molecular weight excluding hydrogens is 348 g/mol. The number of carbonyl (C=O) groups is 1. The molecule has 24 heavy (non-hydrogen) atoms. The van der Waals surface area contributed by atoms with E-state index in [-0.39, 0.29) is 22.6 Å². The Labute approximate surface area is 146 Å². The topological polar surface area (TPSA) is 107 Å². The second-order valence-electron chi connectivity index (χ2n) is 5.50. The third-order valence-corrected chi connectivity index (χ3v) is 5.57. The van der Waals surface area contributed by atoms with Crippen LogP contribution in [0.15, 0.2) is 28.3 Å². The molecule has 7 nitrogen and oxygen atoms in total. The molecule has 3 N–H and O–H groups in total. The molecule has 2 rings (SSSR count). The molecule has 0 aliphatic carbocycles. The van der Waals surface area contributed by atoms with E-state index < -0.39 is 10.0 Å². The predicted octanol–water partition coefficient (Wildman–Crippen LogP) is 1.71. The summed E-state index contributed by atoms with van der Waals surface area (Å²) < 4.78 is 24.9. The number of hydrogen-bond acceptors (Lipinski definition) is 5. The van der Waals surface area contributed by atoms with Gasteiger partial charge in [0.1, 0.15) is 0 Å². The zero-order chi connectivity index (χ0) is 17.9. The number of primary sulfonamides is 1. The maximum atomic E-state index is 11.9. The Bertz CT molecular complexity index is 846. The molecule has 9 heteroatoms. The number of amides is 1. The van der Waals surface area contributed by atoms with Crippen LogP contribution >= 0.6 is 11.8 Å². The number of fused-ring (bicyclic) bond motifs is 1. The Morgan fingerprint density at radius 1 is 1.42 bits per heavy atom. The molecule has 0 bridgehead atoms. The third-order valence-electron chi connectivity index (χ3n) is 3.68. The van der Waals surface area contributed by atoms with E-state index in [1.165, 1.54) is 23.9 Å². The summed E-state index contributed by atoms with van der Waals surface area (Å²) in [5.41, 5.74) is 1.36. The molecule has 0 aliphatic heterocycles. The highest BCUT2D eigenvalue weighted by molar-refractivity contribution is 7.99. The van der Waals surface area contributed by atoms with E-state index in [1.807, 2.05) is 25.3 Å². The van der Waals surface area contributed by atoms with Crippen molar-refractivity contribution in [3.8, 4) is 0 Å². The molecule has 0 saturated carbocycles. The standard InChI is InChI=1S/C15H22N4O3S2/c1-4-10(3)17-14(20)9-23-15-18-12-8-11(24(16,21)22)6-7-13(12)19(15)5-2/h6-8,10H,4-5,9H2,1-3H3,(H,17,20)(H2,16,21,22)/t10-/m1/s1. The van der Waals surface area contributed by atoms with Crippen LogP contribution in [0.5, 0.6) is 0 Å². The van der Waals surface area contributed by atoms with Gasteiger partial charge in [-0.05, 0) is 38.5 Å². The number of nitrogens with two attached hydrogens (primary N) is 1.